The van der Waals surface area contributed by atoms with E-state index >= 15 is 0 Å². The summed E-state index contributed by atoms with van der Waals surface area (Å²) in [6.07, 6.45) is 4.40. The summed E-state index contributed by atoms with van der Waals surface area (Å²) >= 11 is 0. The Balaban J connectivity index is 1.69. The Morgan fingerprint density at radius 3 is 2.85 bits per heavy atom. The average molecular weight is 360 g/mol. The number of methoxy groups -OCH3 is 1. The maximum atomic E-state index is 12.6. The van der Waals surface area contributed by atoms with Crippen LogP contribution in [0, 0.1) is 19.8 Å². The molecular formula is C19H28N4O3. The van der Waals surface area contributed by atoms with Gasteiger partial charge in [0, 0.05) is 63.5 Å². The van der Waals surface area contributed by atoms with Crippen LogP contribution in [-0.2, 0) is 23.1 Å². The first-order valence-electron chi connectivity index (χ1n) is 9.03. The van der Waals surface area contributed by atoms with Crippen molar-refractivity contribution >= 4 is 5.91 Å². The van der Waals surface area contributed by atoms with Crippen LogP contribution >= 0.6 is 0 Å². The van der Waals surface area contributed by atoms with E-state index in [1.807, 2.05) is 38.2 Å². The molecule has 3 rings (SSSR count). The molecule has 1 aliphatic heterocycles. The molecule has 0 unspecified atom stereocenters. The molecule has 3 heterocycles. The molecule has 7 nitrogen and oxygen atoms in total. The van der Waals surface area contributed by atoms with Crippen LogP contribution in [-0.4, -0.2) is 47.4 Å². The molecular weight excluding hydrogens is 332 g/mol. The lowest BCUT2D eigenvalue weighted by molar-refractivity contribution is -0.129. The van der Waals surface area contributed by atoms with Crippen molar-refractivity contribution in [3.8, 4) is 0 Å². The van der Waals surface area contributed by atoms with Crippen molar-refractivity contribution in [1.82, 2.24) is 20.0 Å². The molecule has 0 saturated carbocycles. The molecule has 2 aromatic heterocycles. The van der Waals surface area contributed by atoms with Gasteiger partial charge in [-0.1, -0.05) is 0 Å². The van der Waals surface area contributed by atoms with E-state index in [9.17, 15) is 4.79 Å². The number of rotatable bonds is 8. The summed E-state index contributed by atoms with van der Waals surface area (Å²) < 4.78 is 12.6. The fourth-order valence-corrected chi connectivity index (χ4v) is 3.80. The molecule has 0 aromatic carbocycles. The maximum Gasteiger partial charge on any atom is 0.223 e. The zero-order chi connectivity index (χ0) is 18.7. The fraction of sp³-hybridized carbons (Fsp3) is 0.579. The van der Waals surface area contributed by atoms with Gasteiger partial charge >= 0.3 is 0 Å². The number of hydrogen-bond donors (Lipinski definition) is 1. The number of furan rings is 1. The van der Waals surface area contributed by atoms with Crippen LogP contribution in [0.3, 0.4) is 0 Å². The Bertz CT molecular complexity index is 752. The summed E-state index contributed by atoms with van der Waals surface area (Å²) in [7, 11) is 3.56. The van der Waals surface area contributed by atoms with Gasteiger partial charge in [-0.2, -0.15) is 5.10 Å². The molecule has 0 radical (unpaired) electrons. The second-order valence-electron chi connectivity index (χ2n) is 7.01. The monoisotopic (exact) mass is 360 g/mol. The van der Waals surface area contributed by atoms with Crippen molar-refractivity contribution in [2.45, 2.75) is 32.9 Å². The highest BCUT2D eigenvalue weighted by atomic mass is 16.5. The Morgan fingerprint density at radius 1 is 1.42 bits per heavy atom. The van der Waals surface area contributed by atoms with E-state index in [0.29, 0.717) is 19.6 Å². The Morgan fingerprint density at radius 2 is 2.23 bits per heavy atom. The predicted molar refractivity (Wildman–Crippen MR) is 97.5 cm³/mol. The van der Waals surface area contributed by atoms with Crippen molar-refractivity contribution in [2.24, 2.45) is 13.0 Å². The molecule has 0 spiro atoms. The summed E-state index contributed by atoms with van der Waals surface area (Å²) in [6, 6.07) is 2.09. The summed E-state index contributed by atoms with van der Waals surface area (Å²) in [5.74, 6) is 2.26. The molecule has 7 heteroatoms. The normalized spacial score (nSPS) is 20.3. The number of likely N-dealkylation sites (tertiary alicyclic amines) is 1. The highest BCUT2D eigenvalue weighted by molar-refractivity contribution is 5.79. The minimum Gasteiger partial charge on any atom is -0.466 e. The molecule has 2 aromatic rings. The summed E-state index contributed by atoms with van der Waals surface area (Å²) in [6.45, 7) is 6.58. The smallest absolute Gasteiger partial charge is 0.223 e. The van der Waals surface area contributed by atoms with Crippen molar-refractivity contribution in [1.29, 1.82) is 0 Å². The van der Waals surface area contributed by atoms with E-state index in [2.05, 4.69) is 16.5 Å². The third-order valence-electron chi connectivity index (χ3n) is 5.01. The first-order chi connectivity index (χ1) is 12.5. The quantitative estimate of drug-likeness (QED) is 0.779. The minimum absolute atomic E-state index is 0.0334. The molecule has 1 N–H and O–H groups in total. The van der Waals surface area contributed by atoms with Gasteiger partial charge in [-0.05, 0) is 19.9 Å². The number of aryl methyl sites for hydroxylation is 3. The molecule has 142 valence electrons. The third kappa shape index (κ3) is 3.99. The summed E-state index contributed by atoms with van der Waals surface area (Å²) in [4.78, 5) is 14.5. The highest BCUT2D eigenvalue weighted by Crippen LogP contribution is 2.37. The number of ether oxygens (including phenoxy) is 1. The number of amides is 1. The minimum atomic E-state index is 0.0334. The fourth-order valence-electron chi connectivity index (χ4n) is 3.80. The number of aromatic nitrogens is 2. The summed E-state index contributed by atoms with van der Waals surface area (Å²) in [5.41, 5.74) is 2.25. The number of hydrogen-bond acceptors (Lipinski definition) is 5. The van der Waals surface area contributed by atoms with Gasteiger partial charge in [-0.15, -0.1) is 0 Å². The largest absolute Gasteiger partial charge is 0.466 e. The zero-order valence-corrected chi connectivity index (χ0v) is 16.0. The van der Waals surface area contributed by atoms with Gasteiger partial charge in [0.1, 0.15) is 11.5 Å². The van der Waals surface area contributed by atoms with Crippen molar-refractivity contribution in [3.05, 3.63) is 41.1 Å². The van der Waals surface area contributed by atoms with Crippen molar-refractivity contribution < 1.29 is 13.9 Å². The predicted octanol–water partition coefficient (Wildman–Crippen LogP) is 1.96. The summed E-state index contributed by atoms with van der Waals surface area (Å²) in [5, 5.41) is 7.80. The van der Waals surface area contributed by atoms with Gasteiger partial charge in [0.25, 0.3) is 0 Å². The molecule has 1 saturated heterocycles. The highest BCUT2D eigenvalue weighted by Gasteiger charge is 2.40. The van der Waals surface area contributed by atoms with Crippen LogP contribution in [0.4, 0.5) is 0 Å². The van der Waals surface area contributed by atoms with Gasteiger partial charge in [0.05, 0.1) is 18.8 Å². The Kier molecular flexibility index (Phi) is 5.78. The second-order valence-corrected chi connectivity index (χ2v) is 7.01. The Hall–Kier alpha value is -2.12. The van der Waals surface area contributed by atoms with Crippen LogP contribution in [0.5, 0.6) is 0 Å². The molecule has 0 bridgehead atoms. The number of carbonyl (C=O) groups is 1. The molecule has 26 heavy (non-hydrogen) atoms. The van der Waals surface area contributed by atoms with Gasteiger partial charge < -0.3 is 19.4 Å². The van der Waals surface area contributed by atoms with Crippen LogP contribution in [0.1, 0.15) is 35.1 Å². The van der Waals surface area contributed by atoms with Crippen molar-refractivity contribution in [3.63, 3.8) is 0 Å². The lowest BCUT2D eigenvalue weighted by Gasteiger charge is -2.27. The zero-order valence-electron chi connectivity index (χ0n) is 16.0. The Labute approximate surface area is 154 Å². The van der Waals surface area contributed by atoms with E-state index in [4.69, 9.17) is 9.15 Å². The third-order valence-corrected chi connectivity index (χ3v) is 5.01. The van der Waals surface area contributed by atoms with Crippen LogP contribution < -0.4 is 5.32 Å². The molecule has 1 amide bonds. The van der Waals surface area contributed by atoms with Gasteiger partial charge in [0.2, 0.25) is 5.91 Å². The van der Waals surface area contributed by atoms with Gasteiger partial charge in [0.15, 0.2) is 0 Å². The molecule has 1 fully saturated rings. The van der Waals surface area contributed by atoms with Crippen LogP contribution in [0.25, 0.3) is 0 Å². The first-order valence-corrected chi connectivity index (χ1v) is 9.03. The van der Waals surface area contributed by atoms with Gasteiger partial charge in [-0.25, -0.2) is 0 Å². The SMILES string of the molecule is COCCN1C(=O)C[C@@H](CNCc2cc(C)oc2C)[C@@H]1c1cnn(C)c1. The topological polar surface area (TPSA) is 72.5 Å². The number of nitrogens with zero attached hydrogens (tertiary/aromatic N) is 3. The van der Waals surface area contributed by atoms with E-state index < -0.39 is 0 Å². The number of nitrogens with one attached hydrogen (secondary N) is 1. The van der Waals surface area contributed by atoms with E-state index in [-0.39, 0.29) is 17.9 Å². The molecule has 0 aliphatic carbocycles. The standard InChI is InChI=1S/C19H28N4O3/c1-13-7-15(14(2)26-13)9-20-10-16-8-18(24)23(5-6-25-4)19(16)17-11-21-22(3)12-17/h7,11-12,16,19-20H,5-6,8-10H2,1-4H3/t16-,19+/m0/s1. The first kappa shape index (κ1) is 18.7. The van der Waals surface area contributed by atoms with Crippen LogP contribution in [0.15, 0.2) is 22.9 Å². The van der Waals surface area contributed by atoms with E-state index in [0.717, 1.165) is 30.2 Å². The van der Waals surface area contributed by atoms with Crippen LogP contribution in [0.2, 0.25) is 0 Å². The maximum absolute atomic E-state index is 12.6. The molecule has 2 atom stereocenters. The van der Waals surface area contributed by atoms with Crippen molar-refractivity contribution in [2.75, 3.05) is 26.8 Å². The average Bonchev–Trinajstić information content (AvgIpc) is 3.24. The van der Waals surface area contributed by atoms with E-state index in [1.54, 1.807) is 11.8 Å². The van der Waals surface area contributed by atoms with Gasteiger partial charge in [-0.3, -0.25) is 9.48 Å². The lowest BCUT2D eigenvalue weighted by atomic mass is 9.95. The number of carbonyl (C=O) groups excluding carboxylic acids is 1. The lowest BCUT2D eigenvalue weighted by Crippen LogP contribution is -2.33. The second kappa shape index (κ2) is 8.05. The van der Waals surface area contributed by atoms with E-state index in [1.165, 1.54) is 5.56 Å². The molecule has 1 aliphatic rings.